The first-order valence-electron chi connectivity index (χ1n) is 8.25. The minimum atomic E-state index is -3.61. The molecule has 0 saturated carbocycles. The van der Waals surface area contributed by atoms with Crippen LogP contribution in [0.4, 0.5) is 5.69 Å². The van der Waals surface area contributed by atoms with E-state index in [4.69, 9.17) is 0 Å². The lowest BCUT2D eigenvalue weighted by Gasteiger charge is -2.23. The Morgan fingerprint density at radius 3 is 2.58 bits per heavy atom. The van der Waals surface area contributed by atoms with Gasteiger partial charge in [0.1, 0.15) is 6.54 Å². The summed E-state index contributed by atoms with van der Waals surface area (Å²) >= 11 is 0. The van der Waals surface area contributed by atoms with E-state index < -0.39 is 15.9 Å². The fourth-order valence-corrected chi connectivity index (χ4v) is 3.42. The van der Waals surface area contributed by atoms with Gasteiger partial charge in [0.25, 0.3) is 5.91 Å². The highest BCUT2D eigenvalue weighted by molar-refractivity contribution is 7.92. The fourth-order valence-electron chi connectivity index (χ4n) is 2.53. The Balaban J connectivity index is 2.12. The molecule has 0 aromatic heterocycles. The third-order valence-corrected chi connectivity index (χ3v) is 4.90. The molecule has 0 radical (unpaired) electrons. The first kappa shape index (κ1) is 19.7. The van der Waals surface area contributed by atoms with E-state index in [-0.39, 0.29) is 6.54 Å². The van der Waals surface area contributed by atoms with Crippen LogP contribution in [0.15, 0.2) is 53.6 Å². The van der Waals surface area contributed by atoms with Crippen LogP contribution in [0, 0.1) is 6.92 Å². The molecule has 138 valence electrons. The van der Waals surface area contributed by atoms with Crippen molar-refractivity contribution in [2.75, 3.05) is 17.1 Å². The molecule has 0 aliphatic heterocycles. The minimum Gasteiger partial charge on any atom is -0.271 e. The summed E-state index contributed by atoms with van der Waals surface area (Å²) in [6, 6.07) is 14.8. The monoisotopic (exact) mass is 373 g/mol. The molecule has 7 heteroatoms. The maximum atomic E-state index is 12.2. The summed E-state index contributed by atoms with van der Waals surface area (Å²) < 4.78 is 25.5. The van der Waals surface area contributed by atoms with Crippen LogP contribution in [0.3, 0.4) is 0 Å². The van der Waals surface area contributed by atoms with Gasteiger partial charge in [-0.25, -0.2) is 13.8 Å². The standard InChI is InChI=1S/C19H23N3O3S/c1-4-17-10-5-6-11-18(17)22(26(3,24)25)14-19(23)21-20-13-16-9-7-8-15(2)12-16/h5-13H,4,14H2,1-3H3,(H,21,23)/b20-13-. The number of amides is 1. The number of carbonyl (C=O) groups excluding carboxylic acids is 1. The largest absolute Gasteiger partial charge is 0.271 e. The molecule has 0 spiro atoms. The molecule has 0 unspecified atom stereocenters. The van der Waals surface area contributed by atoms with E-state index in [1.165, 1.54) is 6.21 Å². The molecule has 0 aliphatic carbocycles. The Bertz CT molecular complexity index is 908. The van der Waals surface area contributed by atoms with Gasteiger partial charge >= 0.3 is 0 Å². The van der Waals surface area contributed by atoms with Crippen LogP contribution in [0.2, 0.25) is 0 Å². The molecule has 6 nitrogen and oxygen atoms in total. The highest BCUT2D eigenvalue weighted by Crippen LogP contribution is 2.23. The van der Waals surface area contributed by atoms with Crippen LogP contribution >= 0.6 is 0 Å². The number of anilines is 1. The summed E-state index contributed by atoms with van der Waals surface area (Å²) in [5.74, 6) is -0.509. The summed E-state index contributed by atoms with van der Waals surface area (Å²) in [5.41, 5.74) is 5.68. The molecule has 0 aliphatic rings. The zero-order chi connectivity index (χ0) is 19.2. The molecule has 0 fully saturated rings. The van der Waals surface area contributed by atoms with Crippen LogP contribution in [-0.4, -0.2) is 33.3 Å². The zero-order valence-corrected chi connectivity index (χ0v) is 16.0. The number of sulfonamides is 1. The van der Waals surface area contributed by atoms with Gasteiger partial charge in [-0.15, -0.1) is 0 Å². The van der Waals surface area contributed by atoms with Crippen molar-refractivity contribution in [3.63, 3.8) is 0 Å². The number of rotatable bonds is 7. The predicted molar refractivity (Wildman–Crippen MR) is 105 cm³/mol. The fraction of sp³-hybridized carbons (Fsp3) is 0.263. The van der Waals surface area contributed by atoms with Gasteiger partial charge in [0.2, 0.25) is 10.0 Å². The number of hydrazone groups is 1. The summed E-state index contributed by atoms with van der Waals surface area (Å²) in [4.78, 5) is 12.2. The SMILES string of the molecule is CCc1ccccc1N(CC(=O)N/N=C\c1cccc(C)c1)S(C)(=O)=O. The van der Waals surface area contributed by atoms with Crippen molar-refractivity contribution >= 4 is 27.8 Å². The number of hydrogen-bond acceptors (Lipinski definition) is 4. The van der Waals surface area contributed by atoms with Crippen LogP contribution in [0.5, 0.6) is 0 Å². The van der Waals surface area contributed by atoms with Gasteiger partial charge in [-0.1, -0.05) is 55.0 Å². The van der Waals surface area contributed by atoms with E-state index in [0.29, 0.717) is 12.1 Å². The van der Waals surface area contributed by atoms with Gasteiger partial charge in [0.05, 0.1) is 18.2 Å². The van der Waals surface area contributed by atoms with Crippen LogP contribution < -0.4 is 9.73 Å². The van der Waals surface area contributed by atoms with Gasteiger partial charge in [0, 0.05) is 0 Å². The van der Waals surface area contributed by atoms with E-state index in [1.54, 1.807) is 12.1 Å². The first-order chi connectivity index (χ1) is 12.3. The molecule has 1 N–H and O–H groups in total. The van der Waals surface area contributed by atoms with Gasteiger partial charge in [-0.3, -0.25) is 9.10 Å². The molecule has 0 heterocycles. The van der Waals surface area contributed by atoms with Gasteiger partial charge in [-0.05, 0) is 30.5 Å². The van der Waals surface area contributed by atoms with Crippen molar-refractivity contribution in [2.45, 2.75) is 20.3 Å². The van der Waals surface area contributed by atoms with E-state index in [2.05, 4.69) is 10.5 Å². The number of nitrogens with one attached hydrogen (secondary N) is 1. The second kappa shape index (κ2) is 8.62. The lowest BCUT2D eigenvalue weighted by molar-refractivity contribution is -0.119. The van der Waals surface area contributed by atoms with Gasteiger partial charge in [-0.2, -0.15) is 5.10 Å². The molecule has 2 aromatic rings. The lowest BCUT2D eigenvalue weighted by atomic mass is 10.1. The van der Waals surface area contributed by atoms with E-state index in [0.717, 1.165) is 27.3 Å². The quantitative estimate of drug-likeness (QED) is 0.598. The number of benzene rings is 2. The first-order valence-corrected chi connectivity index (χ1v) is 10.1. The second-order valence-corrected chi connectivity index (χ2v) is 7.87. The third kappa shape index (κ3) is 5.42. The molecule has 2 rings (SSSR count). The van der Waals surface area contributed by atoms with E-state index in [9.17, 15) is 13.2 Å². The Morgan fingerprint density at radius 2 is 1.92 bits per heavy atom. The van der Waals surface area contributed by atoms with Crippen molar-refractivity contribution in [3.8, 4) is 0 Å². The van der Waals surface area contributed by atoms with Crippen molar-refractivity contribution in [2.24, 2.45) is 5.10 Å². The van der Waals surface area contributed by atoms with Crippen LogP contribution in [0.1, 0.15) is 23.6 Å². The Labute approximate surface area is 154 Å². The Morgan fingerprint density at radius 1 is 1.19 bits per heavy atom. The highest BCUT2D eigenvalue weighted by Gasteiger charge is 2.22. The lowest BCUT2D eigenvalue weighted by Crippen LogP contribution is -2.39. The van der Waals surface area contributed by atoms with Crippen molar-refractivity contribution < 1.29 is 13.2 Å². The molecule has 2 aromatic carbocycles. The number of hydrogen-bond donors (Lipinski definition) is 1. The molecular weight excluding hydrogens is 350 g/mol. The van der Waals surface area contributed by atoms with E-state index in [1.807, 2.05) is 50.2 Å². The summed E-state index contributed by atoms with van der Waals surface area (Å²) in [6.45, 7) is 3.57. The molecular formula is C19H23N3O3S. The number of carbonyl (C=O) groups is 1. The zero-order valence-electron chi connectivity index (χ0n) is 15.1. The summed E-state index contributed by atoms with van der Waals surface area (Å²) in [7, 11) is -3.61. The predicted octanol–water partition coefficient (Wildman–Crippen LogP) is 2.47. The Hall–Kier alpha value is -2.67. The number of para-hydroxylation sites is 1. The average molecular weight is 373 g/mol. The van der Waals surface area contributed by atoms with Crippen LogP contribution in [-0.2, 0) is 21.2 Å². The topological polar surface area (TPSA) is 78.8 Å². The third-order valence-electron chi connectivity index (χ3n) is 3.77. The Kier molecular flexibility index (Phi) is 6.52. The van der Waals surface area contributed by atoms with Crippen LogP contribution in [0.25, 0.3) is 0 Å². The smallest absolute Gasteiger partial charge is 0.260 e. The molecule has 0 saturated heterocycles. The maximum Gasteiger partial charge on any atom is 0.260 e. The molecule has 0 atom stereocenters. The summed E-state index contributed by atoms with van der Waals surface area (Å²) in [5, 5.41) is 3.91. The molecule has 1 amide bonds. The normalized spacial score (nSPS) is 11.5. The maximum absolute atomic E-state index is 12.2. The van der Waals surface area contributed by atoms with Crippen molar-refractivity contribution in [1.82, 2.24) is 5.43 Å². The highest BCUT2D eigenvalue weighted by atomic mass is 32.2. The number of nitrogens with zero attached hydrogens (tertiary/aromatic N) is 2. The van der Waals surface area contributed by atoms with Gasteiger partial charge < -0.3 is 0 Å². The minimum absolute atomic E-state index is 0.332. The van der Waals surface area contributed by atoms with Crippen molar-refractivity contribution in [3.05, 3.63) is 65.2 Å². The average Bonchev–Trinajstić information content (AvgIpc) is 2.59. The van der Waals surface area contributed by atoms with E-state index >= 15 is 0 Å². The molecule has 26 heavy (non-hydrogen) atoms. The van der Waals surface area contributed by atoms with Gasteiger partial charge in [0.15, 0.2) is 0 Å². The number of aryl methyl sites for hydroxylation is 2. The summed E-state index contributed by atoms with van der Waals surface area (Å²) in [6.07, 6.45) is 3.27. The molecule has 0 bridgehead atoms. The second-order valence-electron chi connectivity index (χ2n) is 5.96. The van der Waals surface area contributed by atoms with Crippen molar-refractivity contribution in [1.29, 1.82) is 0 Å².